The van der Waals surface area contributed by atoms with Crippen molar-refractivity contribution in [1.29, 1.82) is 0 Å². The van der Waals surface area contributed by atoms with Gasteiger partial charge >= 0.3 is 0 Å². The van der Waals surface area contributed by atoms with Gasteiger partial charge in [0.2, 0.25) is 0 Å². The van der Waals surface area contributed by atoms with E-state index in [4.69, 9.17) is 0 Å². The van der Waals surface area contributed by atoms with Crippen LogP contribution in [0.4, 0.5) is 5.69 Å². The fourth-order valence-corrected chi connectivity index (χ4v) is 3.24. The van der Waals surface area contributed by atoms with Gasteiger partial charge in [-0.3, -0.25) is 9.59 Å². The molecule has 1 atom stereocenters. The van der Waals surface area contributed by atoms with Gasteiger partial charge in [-0.2, -0.15) is 10.2 Å². The van der Waals surface area contributed by atoms with E-state index in [1.165, 1.54) is 19.1 Å². The summed E-state index contributed by atoms with van der Waals surface area (Å²) in [7, 11) is -3.82. The molecule has 0 aliphatic rings. The first kappa shape index (κ1) is 17.7. The largest absolute Gasteiger partial charge is 0.297 e. The number of ketones is 2. The molecule has 2 aromatic carbocycles. The monoisotopic (exact) mass is 344 g/mol. The number of nitrogens with zero attached hydrogens (tertiary/aromatic N) is 2. The number of hydrogen-bond donors (Lipinski definition) is 0. The van der Waals surface area contributed by atoms with Gasteiger partial charge in [-0.25, -0.2) is 8.42 Å². The van der Waals surface area contributed by atoms with E-state index >= 15 is 0 Å². The van der Waals surface area contributed by atoms with Crippen molar-refractivity contribution >= 4 is 27.1 Å². The second-order valence-corrected chi connectivity index (χ2v) is 7.09. The van der Waals surface area contributed by atoms with E-state index in [0.717, 1.165) is 0 Å². The van der Waals surface area contributed by atoms with Crippen LogP contribution >= 0.6 is 0 Å². The Morgan fingerprint density at radius 3 is 2.04 bits per heavy atom. The van der Waals surface area contributed by atoms with E-state index in [1.54, 1.807) is 48.5 Å². The van der Waals surface area contributed by atoms with Gasteiger partial charge < -0.3 is 0 Å². The molecule has 7 heteroatoms. The lowest BCUT2D eigenvalue weighted by atomic mass is 10.1. The fraction of sp³-hybridized carbons (Fsp3) is 0.176. The molecule has 0 aliphatic heterocycles. The van der Waals surface area contributed by atoms with E-state index < -0.39 is 33.2 Å². The maximum Gasteiger partial charge on any atom is 0.188 e. The van der Waals surface area contributed by atoms with Crippen molar-refractivity contribution in [2.24, 2.45) is 10.2 Å². The van der Waals surface area contributed by atoms with Crippen molar-refractivity contribution in [3.63, 3.8) is 0 Å². The highest BCUT2D eigenvalue weighted by Crippen LogP contribution is 2.14. The Bertz CT molecular complexity index is 847. The van der Waals surface area contributed by atoms with Crippen LogP contribution in [0.1, 0.15) is 6.92 Å². The van der Waals surface area contributed by atoms with Gasteiger partial charge in [0.05, 0.1) is 10.6 Å². The summed E-state index contributed by atoms with van der Waals surface area (Å²) >= 11 is 0. The number of Topliss-reactive ketones (excluding diaryl/α,β-unsaturated/α-hetero) is 2. The van der Waals surface area contributed by atoms with Crippen LogP contribution < -0.4 is 0 Å². The Morgan fingerprint density at radius 2 is 1.50 bits per heavy atom. The first-order chi connectivity index (χ1) is 11.4. The Morgan fingerprint density at radius 1 is 0.958 bits per heavy atom. The summed E-state index contributed by atoms with van der Waals surface area (Å²) < 4.78 is 24.5. The molecule has 0 aliphatic carbocycles. The lowest BCUT2D eigenvalue weighted by Gasteiger charge is -2.08. The molecule has 24 heavy (non-hydrogen) atoms. The molecule has 0 saturated carbocycles. The predicted octanol–water partition coefficient (Wildman–Crippen LogP) is 2.77. The molecule has 0 spiro atoms. The summed E-state index contributed by atoms with van der Waals surface area (Å²) in [4.78, 5) is 23.9. The van der Waals surface area contributed by atoms with E-state index in [1.807, 2.05) is 0 Å². The second kappa shape index (κ2) is 7.74. The molecular formula is C17H16N2O4S. The number of benzene rings is 2. The Kier molecular flexibility index (Phi) is 5.70. The first-order valence-corrected chi connectivity index (χ1v) is 8.82. The number of azo groups is 1. The van der Waals surface area contributed by atoms with Crippen molar-refractivity contribution < 1.29 is 18.0 Å². The number of hydrogen-bond acceptors (Lipinski definition) is 6. The smallest absolute Gasteiger partial charge is 0.188 e. The maximum absolute atomic E-state index is 12.2. The average molecular weight is 344 g/mol. The van der Waals surface area contributed by atoms with Gasteiger partial charge in [0.1, 0.15) is 5.75 Å². The SMILES string of the molecule is CC(=O)C(N=Nc1ccccc1)C(=O)CS(=O)(=O)c1ccccc1. The highest BCUT2D eigenvalue weighted by Gasteiger charge is 2.28. The third-order valence-electron chi connectivity index (χ3n) is 3.17. The minimum atomic E-state index is -3.82. The zero-order chi connectivity index (χ0) is 17.6. The maximum atomic E-state index is 12.2. The molecule has 0 heterocycles. The molecule has 0 radical (unpaired) electrons. The average Bonchev–Trinajstić information content (AvgIpc) is 2.56. The van der Waals surface area contributed by atoms with E-state index in [-0.39, 0.29) is 4.90 Å². The van der Waals surface area contributed by atoms with Crippen molar-refractivity contribution in [3.05, 3.63) is 60.7 Å². The molecule has 2 rings (SSSR count). The number of carbonyl (C=O) groups excluding carboxylic acids is 2. The summed E-state index contributed by atoms with van der Waals surface area (Å²) in [5.74, 6) is -2.15. The molecule has 0 bridgehead atoms. The van der Waals surface area contributed by atoms with Crippen LogP contribution in [0.15, 0.2) is 75.8 Å². The zero-order valence-corrected chi connectivity index (χ0v) is 13.8. The van der Waals surface area contributed by atoms with Crippen LogP contribution in [0, 0.1) is 0 Å². The Balaban J connectivity index is 2.18. The van der Waals surface area contributed by atoms with Gasteiger partial charge in [0.15, 0.2) is 27.4 Å². The molecule has 0 fully saturated rings. The van der Waals surface area contributed by atoms with Gasteiger partial charge in [-0.15, -0.1) is 0 Å². The second-order valence-electron chi connectivity index (χ2n) is 5.10. The normalized spacial score (nSPS) is 12.9. The molecule has 0 amide bonds. The van der Waals surface area contributed by atoms with E-state index in [9.17, 15) is 18.0 Å². The standard InChI is InChI=1S/C17H16N2O4S/c1-13(20)17(19-18-14-8-4-2-5-9-14)16(21)12-24(22,23)15-10-6-3-7-11-15/h2-11,17H,12H2,1H3. The van der Waals surface area contributed by atoms with Crippen LogP contribution in [0.5, 0.6) is 0 Å². The third-order valence-corrected chi connectivity index (χ3v) is 4.82. The number of carbonyl (C=O) groups is 2. The summed E-state index contributed by atoms with van der Waals surface area (Å²) in [6.07, 6.45) is 0. The molecule has 0 N–H and O–H groups in total. The summed E-state index contributed by atoms with van der Waals surface area (Å²) in [6.45, 7) is 1.18. The third kappa shape index (κ3) is 4.66. The minimum absolute atomic E-state index is 0.0284. The summed E-state index contributed by atoms with van der Waals surface area (Å²) in [6, 6.07) is 14.8. The van der Waals surface area contributed by atoms with Gasteiger partial charge in [0, 0.05) is 0 Å². The van der Waals surface area contributed by atoms with E-state index in [0.29, 0.717) is 5.69 Å². The molecule has 124 valence electrons. The Labute approximate surface area is 140 Å². The van der Waals surface area contributed by atoms with Gasteiger partial charge in [-0.1, -0.05) is 36.4 Å². The molecule has 0 saturated heterocycles. The fourth-order valence-electron chi connectivity index (χ4n) is 1.97. The van der Waals surface area contributed by atoms with Crippen molar-refractivity contribution in [2.45, 2.75) is 17.9 Å². The van der Waals surface area contributed by atoms with Crippen LogP contribution in [-0.4, -0.2) is 31.8 Å². The van der Waals surface area contributed by atoms with Gasteiger partial charge in [0.25, 0.3) is 0 Å². The van der Waals surface area contributed by atoms with Crippen molar-refractivity contribution in [3.8, 4) is 0 Å². The predicted molar refractivity (Wildman–Crippen MR) is 88.9 cm³/mol. The molecule has 1 unspecified atom stereocenters. The van der Waals surface area contributed by atoms with Crippen LogP contribution in [0.2, 0.25) is 0 Å². The zero-order valence-electron chi connectivity index (χ0n) is 13.0. The van der Waals surface area contributed by atoms with Crippen LogP contribution in [-0.2, 0) is 19.4 Å². The molecule has 0 aromatic heterocycles. The Hall–Kier alpha value is -2.67. The summed E-state index contributed by atoms with van der Waals surface area (Å²) in [5.41, 5.74) is 0.475. The molecular weight excluding hydrogens is 328 g/mol. The number of rotatable bonds is 7. The molecule has 2 aromatic rings. The number of sulfone groups is 1. The highest BCUT2D eigenvalue weighted by molar-refractivity contribution is 7.92. The lowest BCUT2D eigenvalue weighted by molar-refractivity contribution is -0.126. The topological polar surface area (TPSA) is 93.0 Å². The first-order valence-electron chi connectivity index (χ1n) is 7.17. The van der Waals surface area contributed by atoms with Crippen molar-refractivity contribution in [2.75, 3.05) is 5.75 Å². The lowest BCUT2D eigenvalue weighted by Crippen LogP contribution is -2.31. The molecule has 6 nitrogen and oxygen atoms in total. The van der Waals surface area contributed by atoms with Crippen LogP contribution in [0.25, 0.3) is 0 Å². The van der Waals surface area contributed by atoms with Crippen molar-refractivity contribution in [1.82, 2.24) is 0 Å². The minimum Gasteiger partial charge on any atom is -0.297 e. The van der Waals surface area contributed by atoms with Crippen LogP contribution in [0.3, 0.4) is 0 Å². The highest BCUT2D eigenvalue weighted by atomic mass is 32.2. The quantitative estimate of drug-likeness (QED) is 0.570. The summed E-state index contributed by atoms with van der Waals surface area (Å²) in [5, 5.41) is 7.57. The van der Waals surface area contributed by atoms with E-state index in [2.05, 4.69) is 10.2 Å². The van der Waals surface area contributed by atoms with Gasteiger partial charge in [-0.05, 0) is 31.2 Å².